The summed E-state index contributed by atoms with van der Waals surface area (Å²) in [6.07, 6.45) is 5.07. The molecule has 5 rings (SSSR count). The molecule has 1 aliphatic carbocycles. The van der Waals surface area contributed by atoms with Gasteiger partial charge in [-0.1, -0.05) is 0 Å². The highest BCUT2D eigenvalue weighted by Gasteiger charge is 2.27. The van der Waals surface area contributed by atoms with Gasteiger partial charge in [0.15, 0.2) is 0 Å². The summed E-state index contributed by atoms with van der Waals surface area (Å²) in [5, 5.41) is 20.2. The van der Waals surface area contributed by atoms with Gasteiger partial charge in [-0.3, -0.25) is 4.79 Å². The first-order valence-corrected chi connectivity index (χ1v) is 13.2. The number of aliphatic hydroxyl groups excluding tert-OH is 1. The van der Waals surface area contributed by atoms with E-state index in [9.17, 15) is 9.90 Å². The summed E-state index contributed by atoms with van der Waals surface area (Å²) in [7, 11) is 1.68. The molecular formula is C25H33N5O4S. The fraction of sp³-hybridized carbons (Fsp3) is 0.560. The lowest BCUT2D eigenvalue weighted by Crippen LogP contribution is -2.40. The number of fused-ring (bicyclic) bond motifs is 1. The van der Waals surface area contributed by atoms with Gasteiger partial charge in [-0.25, -0.2) is 9.50 Å². The second-order valence-corrected chi connectivity index (χ2v) is 10.4. The van der Waals surface area contributed by atoms with E-state index in [1.54, 1.807) is 7.11 Å². The summed E-state index contributed by atoms with van der Waals surface area (Å²) in [6, 6.07) is 4.25. The Morgan fingerprint density at radius 2 is 2.06 bits per heavy atom. The molecular weight excluding hydrogens is 466 g/mol. The molecule has 0 bridgehead atoms. The highest BCUT2D eigenvalue weighted by molar-refractivity contribution is 7.12. The lowest BCUT2D eigenvalue weighted by atomic mass is 9.85. The van der Waals surface area contributed by atoms with Crippen molar-refractivity contribution in [1.82, 2.24) is 19.5 Å². The molecule has 3 aromatic heterocycles. The van der Waals surface area contributed by atoms with Gasteiger partial charge >= 0.3 is 0 Å². The molecule has 1 amide bonds. The minimum absolute atomic E-state index is 0.0597. The van der Waals surface area contributed by atoms with Gasteiger partial charge in [-0.15, -0.1) is 16.4 Å². The monoisotopic (exact) mass is 499 g/mol. The summed E-state index contributed by atoms with van der Waals surface area (Å²) in [5.41, 5.74) is 4.07. The number of hydrogen-bond acceptors (Lipinski definition) is 8. The van der Waals surface area contributed by atoms with E-state index in [4.69, 9.17) is 14.6 Å². The van der Waals surface area contributed by atoms with Gasteiger partial charge in [0.05, 0.1) is 42.5 Å². The first-order chi connectivity index (χ1) is 17.0. The zero-order valence-electron chi connectivity index (χ0n) is 20.3. The molecule has 1 saturated heterocycles. The molecule has 1 atom stereocenters. The van der Waals surface area contributed by atoms with Gasteiger partial charge in [-0.2, -0.15) is 0 Å². The number of ether oxygens (including phenoxy) is 2. The zero-order valence-corrected chi connectivity index (χ0v) is 21.1. The van der Waals surface area contributed by atoms with Gasteiger partial charge < -0.3 is 24.8 Å². The topological polar surface area (TPSA) is 101 Å². The van der Waals surface area contributed by atoms with E-state index < -0.39 is 0 Å². The largest absolute Gasteiger partial charge is 0.393 e. The molecule has 0 spiro atoms. The van der Waals surface area contributed by atoms with Crippen LogP contribution in [0.3, 0.4) is 0 Å². The van der Waals surface area contributed by atoms with Crippen LogP contribution < -0.4 is 5.32 Å². The van der Waals surface area contributed by atoms with E-state index in [1.165, 1.54) is 11.3 Å². The van der Waals surface area contributed by atoms with E-state index in [0.717, 1.165) is 52.9 Å². The van der Waals surface area contributed by atoms with Crippen LogP contribution in [0.1, 0.15) is 53.9 Å². The van der Waals surface area contributed by atoms with Crippen molar-refractivity contribution in [2.75, 3.05) is 45.3 Å². The van der Waals surface area contributed by atoms with E-state index in [2.05, 4.69) is 16.4 Å². The molecule has 9 nitrogen and oxygen atoms in total. The Morgan fingerprint density at radius 1 is 1.29 bits per heavy atom. The number of anilines is 1. The third-order valence-electron chi connectivity index (χ3n) is 6.87. The van der Waals surface area contributed by atoms with Crippen LogP contribution in [0.15, 0.2) is 23.7 Å². The Hall–Kier alpha value is -2.53. The van der Waals surface area contributed by atoms with Crippen LogP contribution in [0.5, 0.6) is 0 Å². The van der Waals surface area contributed by atoms with Crippen molar-refractivity contribution in [2.45, 2.75) is 50.7 Å². The van der Waals surface area contributed by atoms with Crippen molar-refractivity contribution >= 4 is 28.7 Å². The SMILES string of the molecule is COC[C@H](C)Nc1ncc2c(-c3csc(C(=O)N4CCOCC4)c3)cc([C@H]3CC[C@H](O)CC3)n2n1. The maximum Gasteiger partial charge on any atom is 0.264 e. The third kappa shape index (κ3) is 5.20. The van der Waals surface area contributed by atoms with Crippen molar-refractivity contribution in [3.05, 3.63) is 34.3 Å². The number of aliphatic hydroxyl groups is 1. The Morgan fingerprint density at radius 3 is 2.80 bits per heavy atom. The maximum atomic E-state index is 13.0. The normalized spacial score (nSPS) is 21.9. The van der Waals surface area contributed by atoms with E-state index in [1.807, 2.05) is 34.0 Å². The summed E-state index contributed by atoms with van der Waals surface area (Å²) >= 11 is 1.48. The van der Waals surface area contributed by atoms with Gasteiger partial charge in [-0.05, 0) is 55.7 Å². The number of morpholine rings is 1. The summed E-state index contributed by atoms with van der Waals surface area (Å²) < 4.78 is 12.6. The summed E-state index contributed by atoms with van der Waals surface area (Å²) in [6.45, 7) is 5.02. The van der Waals surface area contributed by atoms with Gasteiger partial charge in [0.2, 0.25) is 5.95 Å². The van der Waals surface area contributed by atoms with E-state index >= 15 is 0 Å². The van der Waals surface area contributed by atoms with Crippen molar-refractivity contribution in [3.8, 4) is 11.1 Å². The number of amides is 1. The third-order valence-corrected chi connectivity index (χ3v) is 7.79. The second-order valence-electron chi connectivity index (χ2n) is 9.47. The molecule has 0 aromatic carbocycles. The number of methoxy groups -OCH3 is 1. The van der Waals surface area contributed by atoms with Crippen LogP contribution in [0.2, 0.25) is 0 Å². The lowest BCUT2D eigenvalue weighted by Gasteiger charge is -2.26. The standard InChI is InChI=1S/C25H33N5O4S/c1-16(14-33-2)27-25-26-13-22-20(12-21(30(22)28-25)17-3-5-19(31)6-4-17)18-11-23(35-15-18)24(32)29-7-9-34-10-8-29/h11-13,15-17,19,31H,3-10,14H2,1-2H3,(H,27,28)/t16-,17-,19-/m0/s1. The Labute approximate surface area is 209 Å². The number of nitrogens with zero attached hydrogens (tertiary/aromatic N) is 4. The highest BCUT2D eigenvalue weighted by Crippen LogP contribution is 2.38. The number of carbonyl (C=O) groups excluding carboxylic acids is 1. The number of aromatic nitrogens is 3. The molecule has 188 valence electrons. The smallest absolute Gasteiger partial charge is 0.264 e. The van der Waals surface area contributed by atoms with Crippen LogP contribution in [0.25, 0.3) is 16.6 Å². The molecule has 0 radical (unpaired) electrons. The van der Waals surface area contributed by atoms with Crippen LogP contribution >= 0.6 is 11.3 Å². The Bertz CT molecular complexity index is 1160. The highest BCUT2D eigenvalue weighted by atomic mass is 32.1. The fourth-order valence-corrected chi connectivity index (χ4v) is 5.87. The van der Waals surface area contributed by atoms with Crippen LogP contribution in [-0.2, 0) is 9.47 Å². The average Bonchev–Trinajstić information content (AvgIpc) is 3.50. The number of rotatable bonds is 7. The molecule has 2 N–H and O–H groups in total. The predicted octanol–water partition coefficient (Wildman–Crippen LogP) is 3.40. The zero-order chi connectivity index (χ0) is 24.4. The minimum atomic E-state index is -0.218. The molecule has 1 aliphatic heterocycles. The average molecular weight is 500 g/mol. The van der Waals surface area contributed by atoms with Crippen LogP contribution in [0.4, 0.5) is 5.95 Å². The van der Waals surface area contributed by atoms with Gasteiger partial charge in [0.25, 0.3) is 5.91 Å². The van der Waals surface area contributed by atoms with Crippen molar-refractivity contribution in [3.63, 3.8) is 0 Å². The maximum absolute atomic E-state index is 13.0. The molecule has 2 fully saturated rings. The molecule has 4 heterocycles. The quantitative estimate of drug-likeness (QED) is 0.514. The van der Waals surface area contributed by atoms with Crippen LogP contribution in [-0.4, -0.2) is 82.7 Å². The first-order valence-electron chi connectivity index (χ1n) is 12.3. The predicted molar refractivity (Wildman–Crippen MR) is 135 cm³/mol. The Kier molecular flexibility index (Phi) is 7.33. The number of thiophene rings is 1. The van der Waals surface area contributed by atoms with Crippen molar-refractivity contribution in [1.29, 1.82) is 0 Å². The number of hydrogen-bond donors (Lipinski definition) is 2. The van der Waals surface area contributed by atoms with E-state index in [0.29, 0.717) is 44.8 Å². The molecule has 0 unspecified atom stereocenters. The first kappa shape index (κ1) is 24.2. The van der Waals surface area contributed by atoms with Crippen molar-refractivity contribution < 1.29 is 19.4 Å². The van der Waals surface area contributed by atoms with Crippen molar-refractivity contribution in [2.24, 2.45) is 0 Å². The van der Waals surface area contributed by atoms with Gasteiger partial charge in [0.1, 0.15) is 0 Å². The molecule has 3 aromatic rings. The summed E-state index contributed by atoms with van der Waals surface area (Å²) in [4.78, 5) is 20.2. The minimum Gasteiger partial charge on any atom is -0.393 e. The fourth-order valence-electron chi connectivity index (χ4n) is 5.00. The molecule has 10 heteroatoms. The van der Waals surface area contributed by atoms with Crippen LogP contribution in [0, 0.1) is 0 Å². The lowest BCUT2D eigenvalue weighted by molar-refractivity contribution is 0.0306. The molecule has 35 heavy (non-hydrogen) atoms. The van der Waals surface area contributed by atoms with E-state index in [-0.39, 0.29) is 18.1 Å². The number of carbonyl (C=O) groups is 1. The second kappa shape index (κ2) is 10.6. The summed E-state index contributed by atoms with van der Waals surface area (Å²) in [5.74, 6) is 0.922. The van der Waals surface area contributed by atoms with Gasteiger partial charge in [0, 0.05) is 43.4 Å². The Balaban J connectivity index is 1.49. The number of nitrogens with one attached hydrogen (secondary N) is 1. The molecule has 1 saturated carbocycles. The molecule has 2 aliphatic rings.